The van der Waals surface area contributed by atoms with Gasteiger partial charge in [0, 0.05) is 13.0 Å². The summed E-state index contributed by atoms with van der Waals surface area (Å²) in [6, 6.07) is -0.880. The van der Waals surface area contributed by atoms with Crippen LogP contribution >= 0.6 is 7.82 Å². The molecule has 0 spiro atoms. The highest BCUT2D eigenvalue weighted by Crippen LogP contribution is 2.43. The van der Waals surface area contributed by atoms with Gasteiger partial charge in [-0.05, 0) is 57.8 Å². The SMILES string of the molecule is CC/C=C\C/C=C\C/C=C\C/C=C\CCCCC(=O)NC(COP(=O)(O)OCCN)C(O)/C=C/CCCCCCCC. The number of aliphatic hydroxyl groups is 1. The number of rotatable bonds is 28. The van der Waals surface area contributed by atoms with Crippen molar-refractivity contribution in [3.63, 3.8) is 0 Å². The Morgan fingerprint density at radius 2 is 1.38 bits per heavy atom. The fourth-order valence-electron chi connectivity index (χ4n) is 3.94. The van der Waals surface area contributed by atoms with Gasteiger partial charge in [0.05, 0.1) is 25.4 Å². The van der Waals surface area contributed by atoms with Gasteiger partial charge in [-0.25, -0.2) is 4.57 Å². The molecule has 3 unspecified atom stereocenters. The molecule has 3 atom stereocenters. The van der Waals surface area contributed by atoms with Crippen LogP contribution in [0.2, 0.25) is 0 Å². The predicted octanol–water partition coefficient (Wildman–Crippen LogP) is 7.60. The molecule has 0 saturated carbocycles. The van der Waals surface area contributed by atoms with E-state index in [2.05, 4.69) is 67.8 Å². The van der Waals surface area contributed by atoms with Gasteiger partial charge in [-0.1, -0.05) is 107 Å². The van der Waals surface area contributed by atoms with E-state index in [1.54, 1.807) is 6.08 Å². The summed E-state index contributed by atoms with van der Waals surface area (Å²) in [4.78, 5) is 22.4. The lowest BCUT2D eigenvalue weighted by Gasteiger charge is -2.23. The Balaban J connectivity index is 4.49. The molecule has 42 heavy (non-hydrogen) atoms. The lowest BCUT2D eigenvalue weighted by atomic mass is 10.1. The molecule has 0 saturated heterocycles. The number of carbonyl (C=O) groups is 1. The van der Waals surface area contributed by atoms with Gasteiger partial charge in [-0.2, -0.15) is 0 Å². The molecule has 0 aliphatic rings. The van der Waals surface area contributed by atoms with Crippen LogP contribution in [0.4, 0.5) is 0 Å². The van der Waals surface area contributed by atoms with E-state index < -0.39 is 20.0 Å². The van der Waals surface area contributed by atoms with E-state index in [-0.39, 0.29) is 25.7 Å². The molecule has 0 aromatic heterocycles. The highest BCUT2D eigenvalue weighted by atomic mass is 31.2. The first-order valence-electron chi connectivity index (χ1n) is 15.9. The number of amides is 1. The van der Waals surface area contributed by atoms with Gasteiger partial charge in [0.1, 0.15) is 0 Å². The Labute approximate surface area is 255 Å². The summed E-state index contributed by atoms with van der Waals surface area (Å²) in [6.45, 7) is 3.89. The van der Waals surface area contributed by atoms with Gasteiger partial charge in [0.25, 0.3) is 0 Å². The first-order valence-corrected chi connectivity index (χ1v) is 17.4. The molecule has 1 amide bonds. The number of phosphoric ester groups is 1. The largest absolute Gasteiger partial charge is 0.472 e. The topological polar surface area (TPSA) is 131 Å². The van der Waals surface area contributed by atoms with Gasteiger partial charge < -0.3 is 21.1 Å². The number of aliphatic hydroxyl groups excluding tert-OH is 1. The smallest absolute Gasteiger partial charge is 0.387 e. The monoisotopic (exact) mass is 610 g/mol. The number of nitrogens with two attached hydrogens (primary N) is 1. The van der Waals surface area contributed by atoms with Crippen LogP contribution in [0.25, 0.3) is 0 Å². The third-order valence-corrected chi connectivity index (χ3v) is 7.33. The van der Waals surface area contributed by atoms with Crippen molar-refractivity contribution < 1.29 is 28.4 Å². The van der Waals surface area contributed by atoms with E-state index in [1.807, 2.05) is 6.08 Å². The molecule has 242 valence electrons. The van der Waals surface area contributed by atoms with Crippen LogP contribution < -0.4 is 11.1 Å². The number of carbonyl (C=O) groups excluding carboxylic acids is 1. The van der Waals surface area contributed by atoms with Crippen LogP contribution in [-0.4, -0.2) is 47.8 Å². The molecule has 0 bridgehead atoms. The van der Waals surface area contributed by atoms with E-state index in [1.165, 1.54) is 25.7 Å². The van der Waals surface area contributed by atoms with Crippen LogP contribution in [0, 0.1) is 0 Å². The van der Waals surface area contributed by atoms with Gasteiger partial charge in [0.2, 0.25) is 5.91 Å². The van der Waals surface area contributed by atoms with E-state index in [0.29, 0.717) is 12.8 Å². The zero-order chi connectivity index (χ0) is 31.2. The normalized spacial score (nSPS) is 15.5. The van der Waals surface area contributed by atoms with Gasteiger partial charge in [-0.15, -0.1) is 0 Å². The lowest BCUT2D eigenvalue weighted by molar-refractivity contribution is -0.123. The second-order valence-electron chi connectivity index (χ2n) is 10.3. The fraction of sp³-hybridized carbons (Fsp3) is 0.667. The summed E-state index contributed by atoms with van der Waals surface area (Å²) in [5.41, 5.74) is 5.32. The van der Waals surface area contributed by atoms with Crippen molar-refractivity contribution in [3.05, 3.63) is 60.8 Å². The number of allylic oxidation sites excluding steroid dienone is 9. The molecule has 8 nitrogen and oxygen atoms in total. The van der Waals surface area contributed by atoms with Crippen molar-refractivity contribution >= 4 is 13.7 Å². The quantitative estimate of drug-likeness (QED) is 0.0408. The molecule has 0 aromatic rings. The highest BCUT2D eigenvalue weighted by molar-refractivity contribution is 7.47. The van der Waals surface area contributed by atoms with Crippen molar-refractivity contribution in [1.29, 1.82) is 0 Å². The van der Waals surface area contributed by atoms with Crippen molar-refractivity contribution in [2.75, 3.05) is 19.8 Å². The van der Waals surface area contributed by atoms with Crippen molar-refractivity contribution in [3.8, 4) is 0 Å². The molecule has 0 radical (unpaired) electrons. The summed E-state index contributed by atoms with van der Waals surface area (Å²) in [7, 11) is -4.33. The van der Waals surface area contributed by atoms with Crippen LogP contribution in [0.3, 0.4) is 0 Å². The number of unbranched alkanes of at least 4 members (excludes halogenated alkanes) is 8. The molecular formula is C33H59N2O6P. The Bertz CT molecular complexity index is 840. The molecule has 0 rings (SSSR count). The van der Waals surface area contributed by atoms with Crippen molar-refractivity contribution in [2.45, 2.75) is 122 Å². The van der Waals surface area contributed by atoms with E-state index in [9.17, 15) is 19.4 Å². The second kappa shape index (κ2) is 29.3. The maximum absolute atomic E-state index is 12.6. The zero-order valence-corrected chi connectivity index (χ0v) is 27.1. The van der Waals surface area contributed by atoms with Crippen LogP contribution in [-0.2, 0) is 18.4 Å². The molecule has 0 aliphatic carbocycles. The minimum absolute atomic E-state index is 0.0682. The average molecular weight is 611 g/mol. The molecule has 0 heterocycles. The van der Waals surface area contributed by atoms with Crippen molar-refractivity contribution in [1.82, 2.24) is 5.32 Å². The standard InChI is InChI=1S/C33H59N2O6P/c1-3-5-7-9-11-13-14-15-16-17-18-19-21-23-25-27-33(37)35-31(30-41-42(38,39)40-29-28-34)32(36)26-24-22-20-12-10-8-6-4-2/h5,7,11,13,15-16,18-19,24,26,31-32,36H,3-4,6,8-10,12,14,17,20-23,25,27-30,34H2,1-2H3,(H,35,37)(H,38,39)/b7-5-,13-11-,16-15-,19-18-,26-24+. The number of hydrogen-bond donors (Lipinski definition) is 4. The number of phosphoric acid groups is 1. The predicted molar refractivity (Wildman–Crippen MR) is 175 cm³/mol. The third-order valence-electron chi connectivity index (χ3n) is 6.35. The first kappa shape index (κ1) is 40.2. The minimum Gasteiger partial charge on any atom is -0.387 e. The fourth-order valence-corrected chi connectivity index (χ4v) is 4.70. The lowest BCUT2D eigenvalue weighted by Crippen LogP contribution is -2.45. The Morgan fingerprint density at radius 1 is 0.810 bits per heavy atom. The number of hydrogen-bond acceptors (Lipinski definition) is 6. The Kier molecular flexibility index (Phi) is 28.0. The number of nitrogens with one attached hydrogen (secondary N) is 1. The van der Waals surface area contributed by atoms with E-state index in [4.69, 9.17) is 14.8 Å². The van der Waals surface area contributed by atoms with Gasteiger partial charge >= 0.3 is 7.82 Å². The van der Waals surface area contributed by atoms with E-state index >= 15 is 0 Å². The van der Waals surface area contributed by atoms with Crippen LogP contribution in [0.15, 0.2) is 60.8 Å². The maximum atomic E-state index is 12.6. The van der Waals surface area contributed by atoms with Crippen LogP contribution in [0.5, 0.6) is 0 Å². The molecular weight excluding hydrogens is 551 g/mol. The zero-order valence-electron chi connectivity index (χ0n) is 26.2. The Hall–Kier alpha value is -1.80. The summed E-state index contributed by atoms with van der Waals surface area (Å²) in [6.07, 6.45) is 34.2. The summed E-state index contributed by atoms with van der Waals surface area (Å²) in [5, 5.41) is 13.4. The molecule has 0 aromatic carbocycles. The summed E-state index contributed by atoms with van der Waals surface area (Å²) < 4.78 is 21.8. The van der Waals surface area contributed by atoms with Crippen molar-refractivity contribution in [2.24, 2.45) is 5.73 Å². The second-order valence-corrected chi connectivity index (χ2v) is 11.7. The molecule has 9 heteroatoms. The third kappa shape index (κ3) is 27.1. The first-order chi connectivity index (χ1) is 20.4. The maximum Gasteiger partial charge on any atom is 0.472 e. The molecule has 5 N–H and O–H groups in total. The molecule has 0 fully saturated rings. The van der Waals surface area contributed by atoms with Gasteiger partial charge in [-0.3, -0.25) is 13.8 Å². The Morgan fingerprint density at radius 3 is 2.02 bits per heavy atom. The van der Waals surface area contributed by atoms with Gasteiger partial charge in [0.15, 0.2) is 0 Å². The average Bonchev–Trinajstić information content (AvgIpc) is 2.97. The minimum atomic E-state index is -4.33. The highest BCUT2D eigenvalue weighted by Gasteiger charge is 2.26. The molecule has 0 aliphatic heterocycles. The summed E-state index contributed by atoms with van der Waals surface area (Å²) in [5.74, 6) is -0.243. The van der Waals surface area contributed by atoms with E-state index in [0.717, 1.165) is 57.8 Å². The van der Waals surface area contributed by atoms with Crippen LogP contribution in [0.1, 0.15) is 110 Å². The summed E-state index contributed by atoms with van der Waals surface area (Å²) >= 11 is 0.